The Bertz CT molecular complexity index is 791. The third kappa shape index (κ3) is 29.6. The molecule has 282 valence electrons. The van der Waals surface area contributed by atoms with Gasteiger partial charge in [-0.25, -0.2) is 4.79 Å². The molecule has 0 aliphatic carbocycles. The molecule has 5 heteroatoms. The Labute approximate surface area is 299 Å². The lowest BCUT2D eigenvalue weighted by molar-refractivity contribution is -0.816. The highest BCUT2D eigenvalue weighted by Crippen LogP contribution is 2.20. The lowest BCUT2D eigenvalue weighted by atomic mass is 9.91. The first-order valence-corrected chi connectivity index (χ1v) is 20.8. The molecule has 5 nitrogen and oxygen atoms in total. The van der Waals surface area contributed by atoms with Crippen molar-refractivity contribution in [2.75, 3.05) is 27.2 Å². The number of aliphatic hydroxyl groups is 1. The lowest BCUT2D eigenvalue weighted by Crippen LogP contribution is -2.50. The van der Waals surface area contributed by atoms with Crippen molar-refractivity contribution in [1.29, 1.82) is 0 Å². The van der Waals surface area contributed by atoms with Gasteiger partial charge in [0.25, 0.3) is 0 Å². The van der Waals surface area contributed by atoms with E-state index in [1.54, 1.807) is 0 Å². The predicted octanol–water partition coefficient (Wildman–Crippen LogP) is 11.6. The first-order chi connectivity index (χ1) is 23.3. The van der Waals surface area contributed by atoms with Gasteiger partial charge < -0.3 is 10.8 Å². The van der Waals surface area contributed by atoms with Gasteiger partial charge in [0, 0.05) is 12.5 Å². The molecule has 3 N–H and O–H groups in total. The van der Waals surface area contributed by atoms with Crippen LogP contribution in [0.25, 0.3) is 0 Å². The molecule has 0 heterocycles. The predicted molar refractivity (Wildman–Crippen MR) is 209 cm³/mol. The van der Waals surface area contributed by atoms with Crippen molar-refractivity contribution >= 4 is 11.7 Å². The molecule has 0 rings (SSSR count). The highest BCUT2D eigenvalue weighted by Gasteiger charge is 2.33. The molecule has 0 bridgehead atoms. The first kappa shape index (κ1) is 46.7. The molecule has 0 saturated carbocycles. The molecule has 0 aromatic heterocycles. The van der Waals surface area contributed by atoms with Gasteiger partial charge in [-0.2, -0.15) is 0 Å². The van der Waals surface area contributed by atoms with Crippen molar-refractivity contribution in [3.63, 3.8) is 0 Å². The van der Waals surface area contributed by atoms with E-state index in [-0.39, 0.29) is 28.7 Å². The SMILES string of the molecule is CCCCCCCC/C=C\CCCCCCCC(=O)C(CC(N)CO)C[N+](C)(C)C(=O)CCCCCCC/C=C\CCCCCCCC. The normalized spacial score (nSPS) is 13.5. The molecule has 1 amide bonds. The minimum absolute atomic E-state index is 0.131. The minimum atomic E-state index is -0.423. The van der Waals surface area contributed by atoms with Crippen LogP contribution in [0.2, 0.25) is 0 Å². The van der Waals surface area contributed by atoms with Gasteiger partial charge in [-0.15, -0.1) is 0 Å². The maximum atomic E-state index is 13.3. The summed E-state index contributed by atoms with van der Waals surface area (Å²) >= 11 is 0. The fourth-order valence-electron chi connectivity index (χ4n) is 6.62. The molecule has 2 atom stereocenters. The third-order valence-corrected chi connectivity index (χ3v) is 9.97. The molecule has 0 aliphatic rings. The largest absolute Gasteiger partial charge is 0.395 e. The first-order valence-electron chi connectivity index (χ1n) is 20.8. The number of amides is 1. The standard InChI is InChI=1S/C43H83N2O3/c1-5-7-9-11-13-15-17-19-21-23-25-27-29-31-33-35-42(47)40(37-41(44)39-46)38-45(3,4)43(48)36-34-32-30-28-26-24-22-20-18-16-14-12-10-8-6-2/h19-22,40-41,46H,5-18,23-39,44H2,1-4H3/q+1/b21-19-,22-20-. The zero-order valence-corrected chi connectivity index (χ0v) is 32.7. The van der Waals surface area contributed by atoms with Crippen LogP contribution in [0.3, 0.4) is 0 Å². The van der Waals surface area contributed by atoms with Crippen LogP contribution in [0.4, 0.5) is 0 Å². The van der Waals surface area contributed by atoms with Crippen LogP contribution in [0.1, 0.15) is 200 Å². The maximum absolute atomic E-state index is 13.3. The van der Waals surface area contributed by atoms with Crippen molar-refractivity contribution in [3.05, 3.63) is 24.3 Å². The number of carbonyl (C=O) groups excluding carboxylic acids is 2. The minimum Gasteiger partial charge on any atom is -0.395 e. The van der Waals surface area contributed by atoms with E-state index in [4.69, 9.17) is 5.73 Å². The van der Waals surface area contributed by atoms with E-state index < -0.39 is 6.04 Å². The van der Waals surface area contributed by atoms with Crippen LogP contribution in [0, 0.1) is 5.92 Å². The van der Waals surface area contributed by atoms with Crippen molar-refractivity contribution < 1.29 is 19.2 Å². The number of ketones is 1. The molecular formula is C43H83N2O3+. The molecule has 0 aromatic carbocycles. The van der Waals surface area contributed by atoms with E-state index in [0.29, 0.717) is 25.8 Å². The van der Waals surface area contributed by atoms with Crippen molar-refractivity contribution in [2.24, 2.45) is 11.7 Å². The summed E-state index contributed by atoms with van der Waals surface area (Å²) in [5.41, 5.74) is 6.09. The summed E-state index contributed by atoms with van der Waals surface area (Å²) in [6, 6.07) is -0.423. The third-order valence-electron chi connectivity index (χ3n) is 9.97. The Hall–Kier alpha value is -1.30. The van der Waals surface area contributed by atoms with Gasteiger partial charge in [-0.3, -0.25) is 9.28 Å². The second kappa shape index (κ2) is 34.2. The van der Waals surface area contributed by atoms with Crippen LogP contribution < -0.4 is 5.73 Å². The van der Waals surface area contributed by atoms with Crippen molar-refractivity contribution in [3.8, 4) is 0 Å². The Morgan fingerprint density at radius 1 is 0.562 bits per heavy atom. The van der Waals surface area contributed by atoms with Crippen LogP contribution >= 0.6 is 0 Å². The van der Waals surface area contributed by atoms with Gasteiger partial charge in [0.1, 0.15) is 5.78 Å². The number of unbranched alkanes of at least 4 members (excludes halogenated alkanes) is 22. The summed E-state index contributed by atoms with van der Waals surface area (Å²) in [4.78, 5) is 26.4. The Kier molecular flexibility index (Phi) is 33.2. The van der Waals surface area contributed by atoms with E-state index in [9.17, 15) is 14.7 Å². The van der Waals surface area contributed by atoms with E-state index in [1.165, 1.54) is 128 Å². The van der Waals surface area contributed by atoms with Crippen molar-refractivity contribution in [1.82, 2.24) is 0 Å². The number of rotatable bonds is 36. The molecule has 0 fully saturated rings. The quantitative estimate of drug-likeness (QED) is 0.0393. The van der Waals surface area contributed by atoms with Crippen LogP contribution in [-0.2, 0) is 9.59 Å². The van der Waals surface area contributed by atoms with Gasteiger partial charge in [0.15, 0.2) is 0 Å². The van der Waals surface area contributed by atoms with Crippen molar-refractivity contribution in [2.45, 2.75) is 206 Å². The number of quaternary nitrogens is 1. The molecular weight excluding hydrogens is 592 g/mol. The topological polar surface area (TPSA) is 80.4 Å². The number of hydrogen-bond donors (Lipinski definition) is 2. The van der Waals surface area contributed by atoms with Crippen LogP contribution in [0.15, 0.2) is 24.3 Å². The highest BCUT2D eigenvalue weighted by molar-refractivity contribution is 5.81. The Morgan fingerprint density at radius 2 is 0.917 bits per heavy atom. The molecule has 48 heavy (non-hydrogen) atoms. The van der Waals surface area contributed by atoms with Crippen LogP contribution in [-0.4, -0.2) is 54.6 Å². The summed E-state index contributed by atoms with van der Waals surface area (Å²) < 4.78 is 0.213. The number of Topliss-reactive ketones (excluding diaryl/α,β-unsaturated/α-hetero) is 1. The Balaban J connectivity index is 4.18. The number of nitrogens with two attached hydrogens (primary N) is 1. The molecule has 0 radical (unpaired) electrons. The molecule has 0 saturated heterocycles. The second-order valence-corrected chi connectivity index (χ2v) is 15.3. The lowest BCUT2D eigenvalue weighted by Gasteiger charge is -2.31. The molecule has 0 spiro atoms. The van der Waals surface area contributed by atoms with Gasteiger partial charge in [0.05, 0.1) is 39.6 Å². The smallest absolute Gasteiger partial charge is 0.313 e. The molecule has 2 unspecified atom stereocenters. The summed E-state index contributed by atoms with van der Waals surface area (Å²) in [7, 11) is 3.87. The summed E-state index contributed by atoms with van der Waals surface area (Å²) in [5.74, 6) is 0.123. The molecule has 0 aromatic rings. The maximum Gasteiger partial charge on any atom is 0.313 e. The van der Waals surface area contributed by atoms with E-state index in [0.717, 1.165) is 38.5 Å². The summed E-state index contributed by atoms with van der Waals surface area (Å²) in [6.45, 7) is 4.87. The number of nitrogens with zero attached hydrogens (tertiary/aromatic N) is 1. The van der Waals surface area contributed by atoms with Gasteiger partial charge in [0.2, 0.25) is 0 Å². The molecule has 0 aliphatic heterocycles. The Morgan fingerprint density at radius 3 is 1.31 bits per heavy atom. The zero-order valence-electron chi connectivity index (χ0n) is 32.7. The fourth-order valence-corrected chi connectivity index (χ4v) is 6.62. The van der Waals surface area contributed by atoms with Gasteiger partial charge >= 0.3 is 5.91 Å². The number of hydrogen-bond acceptors (Lipinski definition) is 4. The number of allylic oxidation sites excluding steroid dienone is 4. The number of aliphatic hydroxyl groups excluding tert-OH is 1. The van der Waals surface area contributed by atoms with Gasteiger partial charge in [-0.1, -0.05) is 141 Å². The average molecular weight is 676 g/mol. The van der Waals surface area contributed by atoms with E-state index in [1.807, 2.05) is 14.1 Å². The summed E-state index contributed by atoms with van der Waals surface area (Å²) in [5, 5.41) is 9.58. The summed E-state index contributed by atoms with van der Waals surface area (Å²) in [6.07, 6.45) is 43.2. The number of carbonyl (C=O) groups is 2. The zero-order chi connectivity index (χ0) is 35.6. The monoisotopic (exact) mass is 676 g/mol. The highest BCUT2D eigenvalue weighted by atomic mass is 16.3. The fraction of sp³-hybridized carbons (Fsp3) is 0.860. The van der Waals surface area contributed by atoms with Crippen LogP contribution in [0.5, 0.6) is 0 Å². The van der Waals surface area contributed by atoms with Gasteiger partial charge in [-0.05, 0) is 70.6 Å². The van der Waals surface area contributed by atoms with E-state index >= 15 is 0 Å². The van der Waals surface area contributed by atoms with E-state index in [2.05, 4.69) is 38.2 Å². The second-order valence-electron chi connectivity index (χ2n) is 15.3. The average Bonchev–Trinajstić information content (AvgIpc) is 3.07.